The molecule has 41 heavy (non-hydrogen) atoms. The van der Waals surface area contributed by atoms with Crippen LogP contribution in [0.25, 0.3) is 0 Å². The topological polar surface area (TPSA) is 277 Å². The lowest BCUT2D eigenvalue weighted by Gasteiger charge is -2.43. The van der Waals surface area contributed by atoms with Gasteiger partial charge in [0.2, 0.25) is 0 Å². The Bertz CT molecular complexity index is 1110. The zero-order chi connectivity index (χ0) is 30.7. The fourth-order valence-corrected chi connectivity index (χ4v) is 5.27. The molecule has 238 valence electrons. The molecule has 0 aromatic rings. The van der Waals surface area contributed by atoms with Gasteiger partial charge in [0, 0.05) is 19.4 Å². The van der Waals surface area contributed by atoms with Crippen LogP contribution in [0.5, 0.6) is 0 Å². The minimum atomic E-state index is -4.94. The second kappa shape index (κ2) is 13.9. The first kappa shape index (κ1) is 34.1. The summed E-state index contributed by atoms with van der Waals surface area (Å²) in [6, 6.07) is 0. The first-order valence-corrected chi connectivity index (χ1v) is 14.8. The Morgan fingerprint density at radius 1 is 0.902 bits per heavy atom. The van der Waals surface area contributed by atoms with Crippen molar-refractivity contribution in [1.29, 1.82) is 0 Å². The van der Waals surface area contributed by atoms with Crippen LogP contribution in [0.3, 0.4) is 0 Å². The highest BCUT2D eigenvalue weighted by Crippen LogP contribution is 2.34. The van der Waals surface area contributed by atoms with Crippen LogP contribution in [-0.2, 0) is 67.2 Å². The summed E-state index contributed by atoms with van der Waals surface area (Å²) in [7, 11) is -8.39. The van der Waals surface area contributed by atoms with E-state index >= 15 is 0 Å². The Hall–Kier alpha value is -1.44. The summed E-state index contributed by atoms with van der Waals surface area (Å²) in [5.74, 6) is -1.97. The van der Waals surface area contributed by atoms with E-state index in [9.17, 15) is 41.7 Å². The number of hydrogen-bond acceptors (Lipinski definition) is 16. The van der Waals surface area contributed by atoms with Crippen LogP contribution < -0.4 is 0 Å². The molecule has 3 fully saturated rings. The number of aliphatic hydroxyl groups is 2. The number of aliphatic hydroxyl groups excluding tert-OH is 2. The molecule has 0 aromatic heterocycles. The van der Waals surface area contributed by atoms with Crippen molar-refractivity contribution < 1.29 is 87.6 Å². The number of aldehydes is 1. The van der Waals surface area contributed by atoms with Crippen molar-refractivity contribution in [1.82, 2.24) is 0 Å². The van der Waals surface area contributed by atoms with Gasteiger partial charge in [-0.25, -0.2) is 13.2 Å². The van der Waals surface area contributed by atoms with E-state index < -0.39 is 120 Å². The fraction of sp³-hybridized carbons (Fsp3) is 0.900. The van der Waals surface area contributed by atoms with E-state index in [0.29, 0.717) is 0 Å². The number of carboxylic acid groups (broad SMARTS) is 1. The number of carbonyl (C=O) groups excluding carboxylic acids is 1. The van der Waals surface area contributed by atoms with Gasteiger partial charge in [-0.3, -0.25) is 9.11 Å². The molecule has 21 heteroatoms. The van der Waals surface area contributed by atoms with E-state index in [1.54, 1.807) is 6.92 Å². The van der Waals surface area contributed by atoms with Crippen molar-refractivity contribution in [2.75, 3.05) is 20.3 Å². The Morgan fingerprint density at radius 2 is 1.51 bits per heavy atom. The highest BCUT2D eigenvalue weighted by molar-refractivity contribution is 7.81. The number of ether oxygens (including phenoxy) is 6. The molecule has 0 bridgehead atoms. The van der Waals surface area contributed by atoms with Gasteiger partial charge in [0.25, 0.3) is 0 Å². The molecule has 19 nitrogen and oxygen atoms in total. The molecule has 5 unspecified atom stereocenters. The van der Waals surface area contributed by atoms with Crippen molar-refractivity contribution in [3.05, 3.63) is 0 Å². The standard InChI is InChI=1S/C20H32O19S2/c1-8-3-10(32-2)13(6-33-40(26,27)28)37-19(8)36-11-4-9(22)20(39-17(11)18(24)25)38-16-14(7-34-41(29,30)31)35-12(5-21)15(16)23/h5,8-17,19-20,22-23H,3-4,6-7H2,1-2H3,(H,24,25)(H,26,27,28)(H,29,30,31)/t8?,9?,10-,11-,12-,13?,14+,15-,16?,17?,19+,20+/m0/s1. The predicted octanol–water partition coefficient (Wildman–Crippen LogP) is -2.95. The summed E-state index contributed by atoms with van der Waals surface area (Å²) in [5.41, 5.74) is 0. The zero-order valence-electron chi connectivity index (χ0n) is 21.6. The van der Waals surface area contributed by atoms with Crippen molar-refractivity contribution in [3.63, 3.8) is 0 Å². The molecule has 3 heterocycles. The summed E-state index contributed by atoms with van der Waals surface area (Å²) >= 11 is 0. The van der Waals surface area contributed by atoms with Crippen LogP contribution in [0.2, 0.25) is 0 Å². The molecule has 0 aromatic carbocycles. The predicted molar refractivity (Wildman–Crippen MR) is 126 cm³/mol. The smallest absolute Gasteiger partial charge is 0.397 e. The summed E-state index contributed by atoms with van der Waals surface area (Å²) in [6.45, 7) is 0.143. The van der Waals surface area contributed by atoms with Gasteiger partial charge in [-0.15, -0.1) is 0 Å². The fourth-order valence-electron chi connectivity index (χ4n) is 4.66. The third-order valence-corrected chi connectivity index (χ3v) is 7.48. The van der Waals surface area contributed by atoms with Gasteiger partial charge in [-0.05, 0) is 6.42 Å². The molecule has 0 aliphatic carbocycles. The molecule has 5 N–H and O–H groups in total. The number of methoxy groups -OCH3 is 1. The van der Waals surface area contributed by atoms with E-state index in [1.807, 2.05) is 0 Å². The highest BCUT2D eigenvalue weighted by Gasteiger charge is 2.51. The Kier molecular flexibility index (Phi) is 11.5. The Labute approximate surface area is 234 Å². The van der Waals surface area contributed by atoms with Gasteiger partial charge in [-0.1, -0.05) is 6.92 Å². The zero-order valence-corrected chi connectivity index (χ0v) is 23.2. The summed E-state index contributed by atoms with van der Waals surface area (Å²) in [6.07, 6.45) is -15.5. The lowest BCUT2D eigenvalue weighted by atomic mass is 9.95. The van der Waals surface area contributed by atoms with E-state index in [-0.39, 0.29) is 12.7 Å². The Balaban J connectivity index is 1.70. The van der Waals surface area contributed by atoms with Crippen molar-refractivity contribution in [2.45, 2.75) is 87.3 Å². The van der Waals surface area contributed by atoms with E-state index in [0.717, 1.165) is 0 Å². The lowest BCUT2D eigenvalue weighted by Crippen LogP contribution is -2.57. The number of carboxylic acids is 1. The van der Waals surface area contributed by atoms with Crippen molar-refractivity contribution in [3.8, 4) is 0 Å². The number of carbonyl (C=O) groups is 2. The lowest BCUT2D eigenvalue weighted by molar-refractivity contribution is -0.324. The van der Waals surface area contributed by atoms with Crippen molar-refractivity contribution in [2.24, 2.45) is 5.92 Å². The summed E-state index contributed by atoms with van der Waals surface area (Å²) < 4.78 is 103. The second-order valence-corrected chi connectivity index (χ2v) is 11.7. The molecule has 0 spiro atoms. The maximum absolute atomic E-state index is 12.0. The molecule has 12 atom stereocenters. The minimum Gasteiger partial charge on any atom is -0.479 e. The van der Waals surface area contributed by atoms with Gasteiger partial charge in [0.05, 0.1) is 19.3 Å². The average Bonchev–Trinajstić information content (AvgIpc) is 3.17. The normalized spacial score (nSPS) is 40.3. The monoisotopic (exact) mass is 640 g/mol. The van der Waals surface area contributed by atoms with Crippen molar-refractivity contribution >= 4 is 33.1 Å². The van der Waals surface area contributed by atoms with Crippen LogP contribution in [0, 0.1) is 5.92 Å². The molecule has 3 rings (SSSR count). The first-order valence-electron chi connectivity index (χ1n) is 12.1. The van der Waals surface area contributed by atoms with Gasteiger partial charge >= 0.3 is 26.8 Å². The molecular formula is C20H32O19S2. The molecule has 3 aliphatic rings. The molecule has 0 saturated carbocycles. The van der Waals surface area contributed by atoms with Crippen LogP contribution >= 0.6 is 0 Å². The minimum absolute atomic E-state index is 0.199. The average molecular weight is 641 g/mol. The summed E-state index contributed by atoms with van der Waals surface area (Å²) in [5, 5.41) is 30.9. The summed E-state index contributed by atoms with van der Waals surface area (Å²) in [4.78, 5) is 23.3. The van der Waals surface area contributed by atoms with Crippen LogP contribution in [0.4, 0.5) is 0 Å². The van der Waals surface area contributed by atoms with Gasteiger partial charge < -0.3 is 48.5 Å². The third-order valence-electron chi connectivity index (χ3n) is 6.61. The SMILES string of the molecule is CO[C@H]1CC(C)[C@H](O[C@H]2CC(O)[C@H](OC3[C@@H](O)[C@H](C=O)O[C@@H]3COS(=O)(=O)O)OC2C(=O)O)OC1COS(=O)(=O)O. The molecule has 3 saturated heterocycles. The van der Waals surface area contributed by atoms with Crippen LogP contribution in [0.15, 0.2) is 0 Å². The van der Waals surface area contributed by atoms with Gasteiger partial charge in [0.1, 0.15) is 42.7 Å². The van der Waals surface area contributed by atoms with E-state index in [2.05, 4.69) is 8.37 Å². The second-order valence-electron chi connectivity index (χ2n) is 9.56. The number of aliphatic carboxylic acids is 1. The molecule has 3 aliphatic heterocycles. The Morgan fingerprint density at radius 3 is 2.05 bits per heavy atom. The van der Waals surface area contributed by atoms with Gasteiger partial charge in [0.15, 0.2) is 25.0 Å². The third kappa shape index (κ3) is 9.27. The molecular weight excluding hydrogens is 608 g/mol. The van der Waals surface area contributed by atoms with Crippen LogP contribution in [-0.4, -0.2) is 141 Å². The first-order chi connectivity index (χ1) is 19.0. The highest BCUT2D eigenvalue weighted by atomic mass is 32.3. The van der Waals surface area contributed by atoms with E-state index in [1.165, 1.54) is 7.11 Å². The van der Waals surface area contributed by atoms with Crippen LogP contribution in [0.1, 0.15) is 19.8 Å². The maximum atomic E-state index is 12.0. The maximum Gasteiger partial charge on any atom is 0.397 e. The van der Waals surface area contributed by atoms with E-state index in [4.69, 9.17) is 37.5 Å². The molecule has 0 amide bonds. The largest absolute Gasteiger partial charge is 0.479 e. The van der Waals surface area contributed by atoms with Gasteiger partial charge in [-0.2, -0.15) is 16.8 Å². The molecule has 0 radical (unpaired) electrons. The number of rotatable bonds is 13. The number of hydrogen-bond donors (Lipinski definition) is 5. The quantitative estimate of drug-likeness (QED) is 0.0993.